The molecule has 4 aromatic rings. The van der Waals surface area contributed by atoms with Crippen molar-refractivity contribution in [3.05, 3.63) is 235 Å². The molecule has 0 aliphatic heterocycles. The van der Waals surface area contributed by atoms with Crippen molar-refractivity contribution in [2.75, 3.05) is 0 Å². The molecule has 0 fully saturated rings. The Labute approximate surface area is 379 Å². The van der Waals surface area contributed by atoms with Crippen LogP contribution in [0, 0.1) is 10.8 Å². The predicted octanol–water partition coefficient (Wildman–Crippen LogP) is 12.2. The van der Waals surface area contributed by atoms with E-state index < -0.39 is 0 Å². The second-order valence-corrected chi connectivity index (χ2v) is 19.6. The van der Waals surface area contributed by atoms with E-state index in [0.717, 1.165) is 49.6 Å². The fourth-order valence-electron chi connectivity index (χ4n) is 7.20. The molecule has 0 aliphatic carbocycles. The van der Waals surface area contributed by atoms with E-state index in [1.807, 2.05) is 24.3 Å². The van der Waals surface area contributed by atoms with Gasteiger partial charge in [0.1, 0.15) is 0 Å². The van der Waals surface area contributed by atoms with Crippen LogP contribution in [0.25, 0.3) is 16.7 Å². The summed E-state index contributed by atoms with van der Waals surface area (Å²) in [6, 6.07) is 35.7. The molecule has 0 bridgehead atoms. The SMILES string of the molecule is C=C/C(Bc1ccc(/C(C)=C/C(=C\C(=C)c2ccc(Bc3ccc(C(C)(C)C)cc3)cc2)c2ccc(B/C(C=C)=C/C=C(\C=C)C(C)(C)C)cc2)cc1)=C\C=C(/C=C)C(C)(C)C. The van der Waals surface area contributed by atoms with Crippen LogP contribution in [0.3, 0.4) is 0 Å². The fourth-order valence-corrected chi connectivity index (χ4v) is 7.20. The van der Waals surface area contributed by atoms with Crippen molar-refractivity contribution in [3.8, 4) is 0 Å². The maximum atomic E-state index is 4.58. The zero-order chi connectivity index (χ0) is 45.7. The van der Waals surface area contributed by atoms with Crippen molar-refractivity contribution in [3.63, 3.8) is 0 Å². The van der Waals surface area contributed by atoms with Gasteiger partial charge >= 0.3 is 0 Å². The average Bonchev–Trinajstić information content (AvgIpc) is 3.22. The Bertz CT molecular complexity index is 2400. The van der Waals surface area contributed by atoms with E-state index in [1.54, 1.807) is 0 Å². The van der Waals surface area contributed by atoms with Crippen LogP contribution >= 0.6 is 0 Å². The summed E-state index contributed by atoms with van der Waals surface area (Å²) in [6.45, 7) is 43.1. The molecule has 0 spiro atoms. The molecule has 0 amide bonds. The summed E-state index contributed by atoms with van der Waals surface area (Å²) in [5, 5.41) is 0. The van der Waals surface area contributed by atoms with Gasteiger partial charge in [-0.1, -0.05) is 280 Å². The van der Waals surface area contributed by atoms with Crippen molar-refractivity contribution in [1.82, 2.24) is 0 Å². The fraction of sp³-hybridized carbons (Fsp3) is 0.220. The lowest BCUT2D eigenvalue weighted by Crippen LogP contribution is -2.27. The molecule has 0 saturated heterocycles. The zero-order valence-corrected chi connectivity index (χ0v) is 39.7. The van der Waals surface area contributed by atoms with Crippen LogP contribution in [-0.2, 0) is 5.41 Å². The standard InChI is InChI=1S/C59H69B3/c1-16-48(57(7,8)9)26-36-51(18-3)60-53-30-20-44(21-31-53)42(5)40-47(46-24-34-54(35-25-46)61-52(19-4)37-27-49(17-2)58(10,11)12)41-43(6)45-22-32-55(33-23-45)62-56-38-28-50(29-39-56)59(13,14)15/h16-41,60-62H,1-4,6H2,5,7-15H3/b42-40+,47-41+,48-26+,49-27+,51-36+,52-37+. The van der Waals surface area contributed by atoms with Gasteiger partial charge in [0.2, 0.25) is 0 Å². The van der Waals surface area contributed by atoms with Crippen molar-refractivity contribution < 1.29 is 0 Å². The third-order valence-corrected chi connectivity index (χ3v) is 11.4. The third kappa shape index (κ3) is 14.7. The van der Waals surface area contributed by atoms with E-state index >= 15 is 0 Å². The molecule has 0 saturated carbocycles. The molecule has 0 aromatic heterocycles. The predicted molar refractivity (Wildman–Crippen MR) is 287 cm³/mol. The molecule has 0 nitrogen and oxygen atoms in total. The topological polar surface area (TPSA) is 0 Å². The molecule has 0 aliphatic rings. The first-order chi connectivity index (χ1) is 29.2. The van der Waals surface area contributed by atoms with Gasteiger partial charge in [0.25, 0.3) is 0 Å². The quantitative estimate of drug-likeness (QED) is 0.0736. The number of hydrogen-bond donors (Lipinski definition) is 0. The third-order valence-electron chi connectivity index (χ3n) is 11.4. The summed E-state index contributed by atoms with van der Waals surface area (Å²) >= 11 is 0. The van der Waals surface area contributed by atoms with E-state index in [0.29, 0.717) is 0 Å². The molecule has 62 heavy (non-hydrogen) atoms. The highest BCUT2D eigenvalue weighted by atomic mass is 14.2. The van der Waals surface area contributed by atoms with E-state index in [2.05, 4.69) is 236 Å². The Morgan fingerprint density at radius 2 is 0.839 bits per heavy atom. The summed E-state index contributed by atoms with van der Waals surface area (Å²) in [4.78, 5) is 0. The molecular weight excluding hydrogens is 741 g/mol. The van der Waals surface area contributed by atoms with E-state index in [9.17, 15) is 0 Å². The van der Waals surface area contributed by atoms with Gasteiger partial charge in [-0.25, -0.2) is 0 Å². The van der Waals surface area contributed by atoms with Crippen LogP contribution in [0.4, 0.5) is 0 Å². The van der Waals surface area contributed by atoms with Gasteiger partial charge in [-0.05, 0) is 79.4 Å². The van der Waals surface area contributed by atoms with Gasteiger partial charge in [0, 0.05) is 0 Å². The molecule has 0 atom stereocenters. The average molecular weight is 811 g/mol. The van der Waals surface area contributed by atoms with Crippen molar-refractivity contribution in [2.24, 2.45) is 10.8 Å². The molecular formula is C59H69B3. The largest absolute Gasteiger partial charge is 0.192 e. The van der Waals surface area contributed by atoms with Crippen LogP contribution in [0.2, 0.25) is 0 Å². The maximum absolute atomic E-state index is 4.58. The maximum Gasteiger partial charge on any atom is 0.192 e. The van der Waals surface area contributed by atoms with Crippen LogP contribution in [0.1, 0.15) is 91.5 Å². The summed E-state index contributed by atoms with van der Waals surface area (Å²) in [5.74, 6) is 0. The van der Waals surface area contributed by atoms with Crippen LogP contribution in [-0.4, -0.2) is 21.8 Å². The van der Waals surface area contributed by atoms with Crippen molar-refractivity contribution in [1.29, 1.82) is 0 Å². The lowest BCUT2D eigenvalue weighted by Gasteiger charge is -2.19. The van der Waals surface area contributed by atoms with Gasteiger partial charge in [-0.3, -0.25) is 0 Å². The molecule has 3 heteroatoms. The molecule has 4 aromatic carbocycles. The minimum absolute atomic E-state index is 0.0275. The van der Waals surface area contributed by atoms with Gasteiger partial charge < -0.3 is 0 Å². The zero-order valence-electron chi connectivity index (χ0n) is 39.7. The number of benzene rings is 4. The Balaban J connectivity index is 1.65. The number of hydrogen-bond acceptors (Lipinski definition) is 0. The Morgan fingerprint density at radius 1 is 0.452 bits per heavy atom. The summed E-state index contributed by atoms with van der Waals surface area (Å²) in [7, 11) is 2.49. The van der Waals surface area contributed by atoms with Crippen LogP contribution in [0.15, 0.2) is 213 Å². The van der Waals surface area contributed by atoms with Gasteiger partial charge in [-0.2, -0.15) is 0 Å². The molecule has 4 rings (SSSR count). The highest BCUT2D eigenvalue weighted by molar-refractivity contribution is 6.67. The minimum Gasteiger partial charge on any atom is -0.0996 e. The van der Waals surface area contributed by atoms with Gasteiger partial charge in [-0.15, -0.1) is 0 Å². The van der Waals surface area contributed by atoms with Crippen molar-refractivity contribution in [2.45, 2.75) is 74.7 Å². The summed E-state index contributed by atoms with van der Waals surface area (Å²) < 4.78 is 0. The Hall–Kier alpha value is -5.79. The van der Waals surface area contributed by atoms with Crippen LogP contribution in [0.5, 0.6) is 0 Å². The Morgan fingerprint density at radius 3 is 1.23 bits per heavy atom. The van der Waals surface area contributed by atoms with E-state index in [-0.39, 0.29) is 16.2 Å². The first-order valence-electron chi connectivity index (χ1n) is 22.0. The van der Waals surface area contributed by atoms with Gasteiger partial charge in [0.15, 0.2) is 21.8 Å². The lowest BCUT2D eigenvalue weighted by atomic mass is 9.63. The minimum atomic E-state index is 0.0275. The van der Waals surface area contributed by atoms with E-state index in [1.165, 1.54) is 55.2 Å². The Kier molecular flexibility index (Phi) is 17.2. The van der Waals surface area contributed by atoms with Gasteiger partial charge in [0.05, 0.1) is 0 Å². The second-order valence-electron chi connectivity index (χ2n) is 19.6. The summed E-state index contributed by atoms with van der Waals surface area (Å²) in [6.07, 6.45) is 21.0. The van der Waals surface area contributed by atoms with E-state index in [4.69, 9.17) is 0 Å². The molecule has 0 radical (unpaired) electrons. The highest BCUT2D eigenvalue weighted by Gasteiger charge is 2.15. The first-order valence-corrected chi connectivity index (χ1v) is 22.0. The second kappa shape index (κ2) is 21.8. The normalized spacial score (nSPS) is 13.6. The smallest absolute Gasteiger partial charge is 0.0996 e. The molecule has 0 unspecified atom stereocenters. The molecule has 0 heterocycles. The number of allylic oxidation sites excluding steroid dienone is 17. The highest BCUT2D eigenvalue weighted by Crippen LogP contribution is 2.28. The monoisotopic (exact) mass is 811 g/mol. The van der Waals surface area contributed by atoms with Crippen LogP contribution < -0.4 is 21.9 Å². The molecule has 0 N–H and O–H groups in total. The number of rotatable bonds is 17. The summed E-state index contributed by atoms with van der Waals surface area (Å²) in [5.41, 5.74) is 18.0. The lowest BCUT2D eigenvalue weighted by molar-refractivity contribution is 0.517. The van der Waals surface area contributed by atoms with Crippen molar-refractivity contribution >= 4 is 60.4 Å². The first kappa shape index (κ1) is 48.9. The molecule has 314 valence electrons.